The van der Waals surface area contributed by atoms with Crippen molar-refractivity contribution < 1.29 is 4.74 Å². The molecule has 64 valence electrons. The van der Waals surface area contributed by atoms with Crippen LogP contribution in [0.25, 0.3) is 0 Å². The van der Waals surface area contributed by atoms with Gasteiger partial charge in [-0.3, -0.25) is 0 Å². The smallest absolute Gasteiger partial charge is 0.0883 e. The first-order chi connectivity index (χ1) is 5.59. The zero-order valence-corrected chi connectivity index (χ0v) is 7.85. The molecule has 0 N–H and O–H groups in total. The lowest BCUT2D eigenvalue weighted by molar-refractivity contribution is -0.00789. The second kappa shape index (κ2) is 2.33. The summed E-state index contributed by atoms with van der Waals surface area (Å²) >= 11 is 0. The Bertz CT molecular complexity index is 313. The van der Waals surface area contributed by atoms with Crippen molar-refractivity contribution >= 4 is 0 Å². The summed E-state index contributed by atoms with van der Waals surface area (Å²) in [5.41, 5.74) is 3.92. The molecule has 0 spiro atoms. The third kappa shape index (κ3) is 1.05. The molecular weight excluding hydrogens is 148 g/mol. The zero-order chi connectivity index (χ0) is 8.77. The van der Waals surface area contributed by atoms with Gasteiger partial charge in [0.15, 0.2) is 0 Å². The van der Waals surface area contributed by atoms with Crippen molar-refractivity contribution in [2.75, 3.05) is 0 Å². The standard InChI is InChI=1S/C11H14O/c1-8-4-5-10-9(6-8)7-12-11(10,2)3/h4-6H,7H2,1-3H3. The van der Waals surface area contributed by atoms with E-state index in [1.54, 1.807) is 0 Å². The molecule has 0 saturated carbocycles. The van der Waals surface area contributed by atoms with E-state index in [1.807, 2.05) is 0 Å². The molecule has 0 atom stereocenters. The number of benzene rings is 1. The monoisotopic (exact) mass is 162 g/mol. The first kappa shape index (κ1) is 7.81. The fraction of sp³-hybridized carbons (Fsp3) is 0.455. The van der Waals surface area contributed by atoms with Crippen molar-refractivity contribution in [3.05, 3.63) is 34.9 Å². The molecule has 12 heavy (non-hydrogen) atoms. The molecule has 1 aromatic carbocycles. The van der Waals surface area contributed by atoms with Crippen LogP contribution < -0.4 is 0 Å². The van der Waals surface area contributed by atoms with Gasteiger partial charge >= 0.3 is 0 Å². The van der Waals surface area contributed by atoms with Gasteiger partial charge in [-0.25, -0.2) is 0 Å². The fourth-order valence-corrected chi connectivity index (χ4v) is 1.77. The first-order valence-electron chi connectivity index (χ1n) is 4.33. The summed E-state index contributed by atoms with van der Waals surface area (Å²) in [7, 11) is 0. The molecule has 0 saturated heterocycles. The van der Waals surface area contributed by atoms with Gasteiger partial charge in [0.25, 0.3) is 0 Å². The van der Waals surface area contributed by atoms with Gasteiger partial charge in [0.05, 0.1) is 12.2 Å². The van der Waals surface area contributed by atoms with Gasteiger partial charge in [-0.15, -0.1) is 0 Å². The van der Waals surface area contributed by atoms with Crippen molar-refractivity contribution in [2.24, 2.45) is 0 Å². The molecule has 0 aromatic heterocycles. The Kier molecular flexibility index (Phi) is 1.52. The molecule has 0 bridgehead atoms. The van der Waals surface area contributed by atoms with Crippen LogP contribution in [0, 0.1) is 6.92 Å². The van der Waals surface area contributed by atoms with Gasteiger partial charge in [0.2, 0.25) is 0 Å². The number of hydrogen-bond donors (Lipinski definition) is 0. The van der Waals surface area contributed by atoms with Crippen molar-refractivity contribution in [1.82, 2.24) is 0 Å². The lowest BCUT2D eigenvalue weighted by atomic mass is 9.95. The lowest BCUT2D eigenvalue weighted by Gasteiger charge is -2.17. The van der Waals surface area contributed by atoms with Crippen LogP contribution in [0.3, 0.4) is 0 Å². The minimum atomic E-state index is -0.0803. The molecule has 0 unspecified atom stereocenters. The van der Waals surface area contributed by atoms with E-state index in [-0.39, 0.29) is 5.60 Å². The van der Waals surface area contributed by atoms with Gasteiger partial charge in [-0.05, 0) is 31.9 Å². The van der Waals surface area contributed by atoms with E-state index in [9.17, 15) is 0 Å². The largest absolute Gasteiger partial charge is 0.366 e. The first-order valence-corrected chi connectivity index (χ1v) is 4.33. The van der Waals surface area contributed by atoms with Gasteiger partial charge in [-0.2, -0.15) is 0 Å². The van der Waals surface area contributed by atoms with Crippen LogP contribution >= 0.6 is 0 Å². The molecule has 1 nitrogen and oxygen atoms in total. The number of hydrogen-bond acceptors (Lipinski definition) is 1. The molecule has 0 fully saturated rings. The highest BCUT2D eigenvalue weighted by atomic mass is 16.5. The molecule has 1 heterocycles. The number of aryl methyl sites for hydroxylation is 1. The third-order valence-electron chi connectivity index (χ3n) is 2.50. The predicted octanol–water partition coefficient (Wildman–Crippen LogP) is 2.76. The normalized spacial score (nSPS) is 19.2. The Labute approximate surface area is 73.4 Å². The second-order valence-electron chi connectivity index (χ2n) is 3.96. The Balaban J connectivity index is 2.55. The van der Waals surface area contributed by atoms with E-state index in [0.717, 1.165) is 6.61 Å². The van der Waals surface area contributed by atoms with Crippen molar-refractivity contribution in [1.29, 1.82) is 0 Å². The summed E-state index contributed by atoms with van der Waals surface area (Å²) in [6.07, 6.45) is 0. The molecule has 2 rings (SSSR count). The van der Waals surface area contributed by atoms with Crippen molar-refractivity contribution in [2.45, 2.75) is 33.0 Å². The van der Waals surface area contributed by atoms with E-state index in [1.165, 1.54) is 16.7 Å². The van der Waals surface area contributed by atoms with E-state index in [2.05, 4.69) is 39.0 Å². The number of fused-ring (bicyclic) bond motifs is 1. The summed E-state index contributed by atoms with van der Waals surface area (Å²) in [6, 6.07) is 6.54. The summed E-state index contributed by atoms with van der Waals surface area (Å²) in [6.45, 7) is 7.12. The van der Waals surface area contributed by atoms with E-state index in [4.69, 9.17) is 4.74 Å². The molecule has 0 aliphatic carbocycles. The third-order valence-corrected chi connectivity index (χ3v) is 2.50. The Morgan fingerprint density at radius 1 is 1.33 bits per heavy atom. The van der Waals surface area contributed by atoms with Gasteiger partial charge in [0.1, 0.15) is 0 Å². The van der Waals surface area contributed by atoms with Crippen LogP contribution in [0.5, 0.6) is 0 Å². The van der Waals surface area contributed by atoms with Crippen LogP contribution in [-0.2, 0) is 16.9 Å². The molecule has 1 heteroatoms. The molecular formula is C11H14O. The number of rotatable bonds is 0. The maximum Gasteiger partial charge on any atom is 0.0883 e. The zero-order valence-electron chi connectivity index (χ0n) is 7.85. The van der Waals surface area contributed by atoms with Crippen LogP contribution in [-0.4, -0.2) is 0 Å². The molecule has 1 aromatic rings. The Morgan fingerprint density at radius 3 is 2.83 bits per heavy atom. The molecule has 1 aliphatic heterocycles. The predicted molar refractivity (Wildman–Crippen MR) is 49.0 cm³/mol. The van der Waals surface area contributed by atoms with Crippen LogP contribution in [0.2, 0.25) is 0 Å². The minimum Gasteiger partial charge on any atom is -0.366 e. The fourth-order valence-electron chi connectivity index (χ4n) is 1.77. The topological polar surface area (TPSA) is 9.23 Å². The Morgan fingerprint density at radius 2 is 2.08 bits per heavy atom. The molecule has 1 aliphatic rings. The second-order valence-corrected chi connectivity index (χ2v) is 3.96. The van der Waals surface area contributed by atoms with Crippen LogP contribution in [0.1, 0.15) is 30.5 Å². The quantitative estimate of drug-likeness (QED) is 0.570. The average molecular weight is 162 g/mol. The highest BCUT2D eigenvalue weighted by Gasteiger charge is 2.30. The van der Waals surface area contributed by atoms with Gasteiger partial charge in [0, 0.05) is 0 Å². The minimum absolute atomic E-state index is 0.0803. The number of ether oxygens (including phenoxy) is 1. The Hall–Kier alpha value is -0.820. The van der Waals surface area contributed by atoms with Gasteiger partial charge in [-0.1, -0.05) is 23.8 Å². The van der Waals surface area contributed by atoms with E-state index in [0.29, 0.717) is 0 Å². The lowest BCUT2D eigenvalue weighted by Crippen LogP contribution is -2.14. The SMILES string of the molecule is Cc1ccc2c(c1)COC2(C)C. The highest BCUT2D eigenvalue weighted by molar-refractivity contribution is 5.37. The van der Waals surface area contributed by atoms with Crippen molar-refractivity contribution in [3.63, 3.8) is 0 Å². The summed E-state index contributed by atoms with van der Waals surface area (Å²) in [5, 5.41) is 0. The molecule has 0 amide bonds. The maximum atomic E-state index is 5.67. The van der Waals surface area contributed by atoms with Crippen LogP contribution in [0.4, 0.5) is 0 Å². The highest BCUT2D eigenvalue weighted by Crippen LogP contribution is 2.35. The summed E-state index contributed by atoms with van der Waals surface area (Å²) in [5.74, 6) is 0. The van der Waals surface area contributed by atoms with Crippen LogP contribution in [0.15, 0.2) is 18.2 Å². The summed E-state index contributed by atoms with van der Waals surface area (Å²) in [4.78, 5) is 0. The van der Waals surface area contributed by atoms with Gasteiger partial charge < -0.3 is 4.74 Å². The van der Waals surface area contributed by atoms with Crippen molar-refractivity contribution in [3.8, 4) is 0 Å². The maximum absolute atomic E-state index is 5.67. The van der Waals surface area contributed by atoms with E-state index < -0.39 is 0 Å². The van der Waals surface area contributed by atoms with E-state index >= 15 is 0 Å². The molecule has 0 radical (unpaired) electrons. The average Bonchev–Trinajstić information content (AvgIpc) is 2.27. The summed E-state index contributed by atoms with van der Waals surface area (Å²) < 4.78 is 5.67.